The Bertz CT molecular complexity index is 582. The molecule has 19 heavy (non-hydrogen) atoms. The predicted octanol–water partition coefficient (Wildman–Crippen LogP) is 3.45. The molecule has 0 bridgehead atoms. The maximum absolute atomic E-state index is 6.05. The Morgan fingerprint density at radius 1 is 1.26 bits per heavy atom. The number of fused-ring (bicyclic) bond motifs is 1. The fourth-order valence-corrected chi connectivity index (χ4v) is 2.79. The molecule has 8 heteroatoms. The fourth-order valence-electron chi connectivity index (χ4n) is 1.55. The SMILES string of the molecule is C[Si](C)(C)CCOCn1cnc2nc(Cl)nc(Cl)c21. The van der Waals surface area contributed by atoms with E-state index in [0.29, 0.717) is 23.0 Å². The van der Waals surface area contributed by atoms with Crippen molar-refractivity contribution in [2.45, 2.75) is 32.4 Å². The van der Waals surface area contributed by atoms with Gasteiger partial charge in [0.25, 0.3) is 0 Å². The molecule has 104 valence electrons. The molecule has 5 nitrogen and oxygen atoms in total. The van der Waals surface area contributed by atoms with Gasteiger partial charge in [-0.05, 0) is 17.6 Å². The van der Waals surface area contributed by atoms with Crippen molar-refractivity contribution >= 4 is 42.4 Å². The van der Waals surface area contributed by atoms with Gasteiger partial charge in [0.1, 0.15) is 12.2 Å². The van der Waals surface area contributed by atoms with Crippen molar-refractivity contribution in [3.05, 3.63) is 16.8 Å². The van der Waals surface area contributed by atoms with Gasteiger partial charge in [-0.1, -0.05) is 31.2 Å². The minimum Gasteiger partial charge on any atom is -0.361 e. The van der Waals surface area contributed by atoms with Crippen LogP contribution in [0, 0.1) is 0 Å². The molecule has 0 aliphatic heterocycles. The Labute approximate surface area is 122 Å². The van der Waals surface area contributed by atoms with Crippen molar-refractivity contribution in [1.82, 2.24) is 19.5 Å². The van der Waals surface area contributed by atoms with Crippen LogP contribution >= 0.6 is 23.2 Å². The molecule has 0 fully saturated rings. The topological polar surface area (TPSA) is 52.8 Å². The molecule has 0 aliphatic rings. The van der Waals surface area contributed by atoms with Gasteiger partial charge in [0, 0.05) is 14.7 Å². The van der Waals surface area contributed by atoms with E-state index in [9.17, 15) is 0 Å². The first kappa shape index (κ1) is 14.7. The van der Waals surface area contributed by atoms with E-state index in [4.69, 9.17) is 27.9 Å². The molecule has 0 aliphatic carbocycles. The second-order valence-electron chi connectivity index (χ2n) is 5.52. The summed E-state index contributed by atoms with van der Waals surface area (Å²) in [6.45, 7) is 8.08. The van der Waals surface area contributed by atoms with Crippen LogP contribution in [0.3, 0.4) is 0 Å². The standard InChI is InChI=1S/C11H16Cl2N4OSi/c1-19(2,3)5-4-18-7-17-6-14-10-8(17)9(12)15-11(13)16-10/h6H,4-5,7H2,1-3H3. The van der Waals surface area contributed by atoms with E-state index in [0.717, 1.165) is 12.7 Å². The summed E-state index contributed by atoms with van der Waals surface area (Å²) in [5.74, 6) is 0. The Kier molecular flexibility index (Phi) is 4.45. The molecule has 0 amide bonds. The third-order valence-electron chi connectivity index (χ3n) is 2.63. The summed E-state index contributed by atoms with van der Waals surface area (Å²) in [6, 6.07) is 1.12. The average molecular weight is 319 g/mol. The zero-order valence-corrected chi connectivity index (χ0v) is 13.7. The highest BCUT2D eigenvalue weighted by molar-refractivity contribution is 6.76. The van der Waals surface area contributed by atoms with Crippen molar-refractivity contribution in [1.29, 1.82) is 0 Å². The molecule has 0 atom stereocenters. The molecule has 2 rings (SSSR count). The summed E-state index contributed by atoms with van der Waals surface area (Å²) in [5, 5.41) is 0.392. The Balaban J connectivity index is 2.06. The summed E-state index contributed by atoms with van der Waals surface area (Å²) in [6.07, 6.45) is 1.63. The highest BCUT2D eigenvalue weighted by Gasteiger charge is 2.13. The number of hydrogen-bond donors (Lipinski definition) is 0. The van der Waals surface area contributed by atoms with Gasteiger partial charge in [0.15, 0.2) is 10.8 Å². The largest absolute Gasteiger partial charge is 0.361 e. The van der Waals surface area contributed by atoms with E-state index < -0.39 is 8.07 Å². The molecular weight excluding hydrogens is 303 g/mol. The maximum Gasteiger partial charge on any atom is 0.225 e. The number of rotatable bonds is 5. The summed E-state index contributed by atoms with van der Waals surface area (Å²) in [5.41, 5.74) is 1.14. The van der Waals surface area contributed by atoms with Crippen molar-refractivity contribution in [2.24, 2.45) is 0 Å². The van der Waals surface area contributed by atoms with Crippen LogP contribution in [0.25, 0.3) is 11.2 Å². The number of halogens is 2. The first-order chi connectivity index (χ1) is 8.87. The van der Waals surface area contributed by atoms with Crippen LogP contribution in [0.15, 0.2) is 6.33 Å². The molecule has 2 aromatic heterocycles. The summed E-state index contributed by atoms with van der Waals surface area (Å²) in [4.78, 5) is 12.1. The normalized spacial score (nSPS) is 12.3. The molecule has 0 spiro atoms. The van der Waals surface area contributed by atoms with Gasteiger partial charge in [0.05, 0.1) is 6.33 Å². The van der Waals surface area contributed by atoms with Gasteiger partial charge in [-0.2, -0.15) is 4.98 Å². The Hall–Kier alpha value is -0.693. The predicted molar refractivity (Wildman–Crippen MR) is 79.4 cm³/mol. The number of aromatic nitrogens is 4. The third kappa shape index (κ3) is 3.89. The van der Waals surface area contributed by atoms with E-state index in [-0.39, 0.29) is 5.28 Å². The number of imidazole rings is 1. The number of hydrogen-bond acceptors (Lipinski definition) is 4. The van der Waals surface area contributed by atoms with Crippen LogP contribution in [0.2, 0.25) is 36.1 Å². The molecule has 0 N–H and O–H groups in total. The molecule has 2 aromatic rings. The highest BCUT2D eigenvalue weighted by atomic mass is 35.5. The number of nitrogens with zero attached hydrogens (tertiary/aromatic N) is 4. The van der Waals surface area contributed by atoms with Gasteiger partial charge < -0.3 is 9.30 Å². The second kappa shape index (κ2) is 5.74. The van der Waals surface area contributed by atoms with Crippen LogP contribution in [0.4, 0.5) is 0 Å². The molecule has 2 heterocycles. The maximum atomic E-state index is 6.05. The van der Waals surface area contributed by atoms with Gasteiger partial charge in [-0.3, -0.25) is 0 Å². The zero-order chi connectivity index (χ0) is 14.0. The van der Waals surface area contributed by atoms with E-state index in [1.165, 1.54) is 0 Å². The highest BCUT2D eigenvalue weighted by Crippen LogP contribution is 2.21. The second-order valence-corrected chi connectivity index (χ2v) is 11.8. The van der Waals surface area contributed by atoms with E-state index in [2.05, 4.69) is 34.6 Å². The quantitative estimate of drug-likeness (QED) is 0.367. The van der Waals surface area contributed by atoms with Gasteiger partial charge >= 0.3 is 0 Å². The molecule has 0 saturated carbocycles. The van der Waals surface area contributed by atoms with Crippen molar-refractivity contribution in [3.63, 3.8) is 0 Å². The van der Waals surface area contributed by atoms with Crippen molar-refractivity contribution < 1.29 is 4.74 Å². The van der Waals surface area contributed by atoms with E-state index in [1.807, 2.05) is 0 Å². The minimum absolute atomic E-state index is 0.0994. The van der Waals surface area contributed by atoms with Crippen LogP contribution in [0.5, 0.6) is 0 Å². The first-order valence-electron chi connectivity index (χ1n) is 5.98. The fraction of sp³-hybridized carbons (Fsp3) is 0.545. The summed E-state index contributed by atoms with van der Waals surface area (Å²) >= 11 is 11.8. The molecule has 0 saturated heterocycles. The summed E-state index contributed by atoms with van der Waals surface area (Å²) in [7, 11) is -1.07. The Morgan fingerprint density at radius 2 is 2.00 bits per heavy atom. The van der Waals surface area contributed by atoms with Crippen molar-refractivity contribution in [3.8, 4) is 0 Å². The van der Waals surface area contributed by atoms with Gasteiger partial charge in [0.2, 0.25) is 5.28 Å². The number of ether oxygens (including phenoxy) is 1. The van der Waals surface area contributed by atoms with Crippen LogP contribution in [-0.4, -0.2) is 34.2 Å². The van der Waals surface area contributed by atoms with E-state index in [1.54, 1.807) is 10.9 Å². The summed E-state index contributed by atoms with van der Waals surface area (Å²) < 4.78 is 7.45. The Morgan fingerprint density at radius 3 is 2.68 bits per heavy atom. The van der Waals surface area contributed by atoms with Crippen LogP contribution < -0.4 is 0 Å². The smallest absolute Gasteiger partial charge is 0.225 e. The van der Waals surface area contributed by atoms with Crippen LogP contribution in [0.1, 0.15) is 0 Å². The van der Waals surface area contributed by atoms with Gasteiger partial charge in [-0.25, -0.2) is 9.97 Å². The first-order valence-corrected chi connectivity index (χ1v) is 10.4. The average Bonchev–Trinajstić information content (AvgIpc) is 2.66. The molecule has 0 aromatic carbocycles. The van der Waals surface area contributed by atoms with Crippen LogP contribution in [-0.2, 0) is 11.5 Å². The van der Waals surface area contributed by atoms with Gasteiger partial charge in [-0.15, -0.1) is 0 Å². The zero-order valence-electron chi connectivity index (χ0n) is 11.2. The lowest BCUT2D eigenvalue weighted by molar-refractivity contribution is 0.0898. The lowest BCUT2D eigenvalue weighted by atomic mass is 10.5. The molecular formula is C11H16Cl2N4OSi. The molecule has 0 unspecified atom stereocenters. The minimum atomic E-state index is -1.07. The van der Waals surface area contributed by atoms with Crippen molar-refractivity contribution in [2.75, 3.05) is 6.61 Å². The lowest BCUT2D eigenvalue weighted by Crippen LogP contribution is -2.22. The molecule has 0 radical (unpaired) electrons. The lowest BCUT2D eigenvalue weighted by Gasteiger charge is -2.15. The third-order valence-corrected chi connectivity index (χ3v) is 4.77. The monoisotopic (exact) mass is 318 g/mol. The van der Waals surface area contributed by atoms with E-state index >= 15 is 0 Å².